The molecule has 0 radical (unpaired) electrons. The molecule has 0 unspecified atom stereocenters. The second-order valence-corrected chi connectivity index (χ2v) is 8.17. The van der Waals surface area contributed by atoms with E-state index in [4.69, 9.17) is 9.47 Å². The van der Waals surface area contributed by atoms with Gasteiger partial charge >= 0.3 is 6.09 Å². The Labute approximate surface area is 184 Å². The molecule has 8 heteroatoms. The Bertz CT molecular complexity index is 1310. The average molecular weight is 430 g/mol. The summed E-state index contributed by atoms with van der Waals surface area (Å²) >= 11 is 0. The molecule has 0 saturated heterocycles. The highest BCUT2D eigenvalue weighted by Gasteiger charge is 2.25. The molecule has 32 heavy (non-hydrogen) atoms. The first kappa shape index (κ1) is 21.2. The molecule has 162 valence electrons. The summed E-state index contributed by atoms with van der Waals surface area (Å²) in [5, 5.41) is 9.17. The molecular weight excluding hydrogens is 408 g/mol. The zero-order valence-electron chi connectivity index (χ0n) is 18.2. The van der Waals surface area contributed by atoms with Crippen LogP contribution in [0.15, 0.2) is 54.9 Å². The largest absolute Gasteiger partial charge is 0.479 e. The lowest BCUT2D eigenvalue weighted by Gasteiger charge is -2.21. The van der Waals surface area contributed by atoms with Gasteiger partial charge < -0.3 is 9.47 Å². The van der Waals surface area contributed by atoms with Crippen LogP contribution in [0.4, 0.5) is 4.79 Å². The summed E-state index contributed by atoms with van der Waals surface area (Å²) in [5.41, 5.74) is 2.89. The van der Waals surface area contributed by atoms with E-state index < -0.39 is 11.7 Å². The number of methoxy groups -OCH3 is 1. The fourth-order valence-corrected chi connectivity index (χ4v) is 3.39. The molecule has 4 rings (SSSR count). The summed E-state index contributed by atoms with van der Waals surface area (Å²) in [4.78, 5) is 28.6. The van der Waals surface area contributed by atoms with Crippen molar-refractivity contribution in [2.24, 2.45) is 0 Å². The Hall–Kier alpha value is -4.07. The number of hydrogen-bond donors (Lipinski definition) is 0. The summed E-state index contributed by atoms with van der Waals surface area (Å²) in [6.07, 6.45) is 3.55. The van der Waals surface area contributed by atoms with Crippen LogP contribution in [0, 0.1) is 0 Å². The predicted octanol–water partition coefficient (Wildman–Crippen LogP) is 4.76. The van der Waals surface area contributed by atoms with Gasteiger partial charge in [0.25, 0.3) is 0 Å². The van der Waals surface area contributed by atoms with E-state index in [9.17, 15) is 9.59 Å². The summed E-state index contributed by atoms with van der Waals surface area (Å²) in [5.74, 6) is 0.256. The number of carbonyl (C=O) groups is 2. The van der Waals surface area contributed by atoms with Gasteiger partial charge in [-0.1, -0.05) is 0 Å². The van der Waals surface area contributed by atoms with E-state index in [0.29, 0.717) is 33.4 Å². The third-order valence-electron chi connectivity index (χ3n) is 4.74. The highest BCUT2D eigenvalue weighted by Crippen LogP contribution is 2.35. The van der Waals surface area contributed by atoms with Crippen LogP contribution in [0.1, 0.15) is 31.1 Å². The lowest BCUT2D eigenvalue weighted by molar-refractivity contribution is 0.0547. The molecule has 3 heterocycles. The monoisotopic (exact) mass is 430 g/mol. The Morgan fingerprint density at radius 2 is 1.78 bits per heavy atom. The smallest absolute Gasteiger partial charge is 0.419 e. The Balaban J connectivity index is 1.98. The fourth-order valence-electron chi connectivity index (χ4n) is 3.39. The molecule has 0 atom stereocenters. The second-order valence-electron chi connectivity index (χ2n) is 8.17. The molecule has 1 aromatic carbocycles. The maximum atomic E-state index is 13.2. The molecule has 0 aliphatic rings. The lowest BCUT2D eigenvalue weighted by atomic mass is 10.1. The van der Waals surface area contributed by atoms with Crippen molar-refractivity contribution < 1.29 is 19.1 Å². The van der Waals surface area contributed by atoms with Gasteiger partial charge in [-0.3, -0.25) is 9.78 Å². The van der Waals surface area contributed by atoms with Crippen LogP contribution in [-0.2, 0) is 4.74 Å². The third kappa shape index (κ3) is 4.07. The van der Waals surface area contributed by atoms with Crippen molar-refractivity contribution in [1.29, 1.82) is 0 Å². The van der Waals surface area contributed by atoms with E-state index >= 15 is 0 Å². The minimum Gasteiger partial charge on any atom is -0.479 e. The standard InChI is InChI=1S/C24H22N4O4/c1-24(2,3)32-23(30)28-20-6-5-15(14-29)11-17(20)12-21(28)18-13-19(26-27-22(18)31-4)16-7-9-25-10-8-16/h5-14H,1-4H3. The first-order valence-electron chi connectivity index (χ1n) is 9.97. The molecule has 0 bridgehead atoms. The number of hydrogen-bond acceptors (Lipinski definition) is 7. The summed E-state index contributed by atoms with van der Waals surface area (Å²) in [6.45, 7) is 5.41. The van der Waals surface area contributed by atoms with Crippen molar-refractivity contribution in [3.05, 3.63) is 60.4 Å². The van der Waals surface area contributed by atoms with Crippen molar-refractivity contribution in [3.63, 3.8) is 0 Å². The van der Waals surface area contributed by atoms with Crippen molar-refractivity contribution >= 4 is 23.3 Å². The van der Waals surface area contributed by atoms with Crippen molar-refractivity contribution in [1.82, 2.24) is 19.7 Å². The predicted molar refractivity (Wildman–Crippen MR) is 120 cm³/mol. The van der Waals surface area contributed by atoms with Crippen molar-refractivity contribution in [3.8, 4) is 28.4 Å². The average Bonchev–Trinajstić information content (AvgIpc) is 3.16. The molecule has 0 spiro atoms. The molecule has 0 aliphatic carbocycles. The zero-order valence-corrected chi connectivity index (χ0v) is 18.2. The van der Waals surface area contributed by atoms with Gasteiger partial charge in [0, 0.05) is 28.9 Å². The van der Waals surface area contributed by atoms with Crippen LogP contribution < -0.4 is 4.74 Å². The molecule has 0 N–H and O–H groups in total. The lowest BCUT2D eigenvalue weighted by Crippen LogP contribution is -2.27. The van der Waals surface area contributed by atoms with Crippen LogP contribution in [0.2, 0.25) is 0 Å². The van der Waals surface area contributed by atoms with Gasteiger partial charge in [-0.05, 0) is 63.2 Å². The number of aldehydes is 1. The van der Waals surface area contributed by atoms with Gasteiger partial charge in [-0.25, -0.2) is 9.36 Å². The quantitative estimate of drug-likeness (QED) is 0.431. The molecule has 0 amide bonds. The van der Waals surface area contributed by atoms with E-state index in [1.165, 1.54) is 11.7 Å². The van der Waals surface area contributed by atoms with Gasteiger partial charge in [-0.15, -0.1) is 10.2 Å². The van der Waals surface area contributed by atoms with Crippen molar-refractivity contribution in [2.45, 2.75) is 26.4 Å². The number of nitrogens with zero attached hydrogens (tertiary/aromatic N) is 4. The van der Waals surface area contributed by atoms with E-state index in [-0.39, 0.29) is 5.88 Å². The molecule has 3 aromatic heterocycles. The van der Waals surface area contributed by atoms with E-state index in [2.05, 4.69) is 15.2 Å². The Kier molecular flexibility index (Phi) is 5.44. The van der Waals surface area contributed by atoms with E-state index in [1.54, 1.807) is 57.4 Å². The highest BCUT2D eigenvalue weighted by molar-refractivity contribution is 5.99. The minimum absolute atomic E-state index is 0.256. The van der Waals surface area contributed by atoms with Gasteiger partial charge in [0.1, 0.15) is 11.9 Å². The number of benzene rings is 1. The number of rotatable bonds is 4. The molecule has 0 saturated carbocycles. The molecule has 0 aliphatic heterocycles. The number of aromatic nitrogens is 4. The van der Waals surface area contributed by atoms with Crippen LogP contribution in [-0.4, -0.2) is 44.8 Å². The minimum atomic E-state index is -0.698. The first-order valence-corrected chi connectivity index (χ1v) is 9.97. The first-order chi connectivity index (χ1) is 15.3. The summed E-state index contributed by atoms with van der Waals surface area (Å²) in [7, 11) is 1.49. The molecule has 8 nitrogen and oxygen atoms in total. The van der Waals surface area contributed by atoms with Crippen LogP contribution >= 0.6 is 0 Å². The normalized spacial score (nSPS) is 11.4. The highest BCUT2D eigenvalue weighted by atomic mass is 16.6. The Morgan fingerprint density at radius 3 is 2.44 bits per heavy atom. The van der Waals surface area contributed by atoms with Crippen LogP contribution in [0.25, 0.3) is 33.4 Å². The van der Waals surface area contributed by atoms with Gasteiger partial charge in [0.15, 0.2) is 0 Å². The van der Waals surface area contributed by atoms with Gasteiger partial charge in [-0.2, -0.15) is 0 Å². The van der Waals surface area contributed by atoms with Gasteiger partial charge in [0.05, 0.1) is 29.6 Å². The second kappa shape index (κ2) is 8.22. The number of fused-ring (bicyclic) bond motifs is 1. The maximum absolute atomic E-state index is 13.2. The van der Waals surface area contributed by atoms with E-state index in [1.807, 2.05) is 18.2 Å². The fraction of sp³-hybridized carbons (Fsp3) is 0.208. The van der Waals surface area contributed by atoms with Gasteiger partial charge in [0.2, 0.25) is 5.88 Å². The molecule has 0 fully saturated rings. The Morgan fingerprint density at radius 1 is 1.03 bits per heavy atom. The maximum Gasteiger partial charge on any atom is 0.419 e. The molecule has 4 aromatic rings. The number of carbonyl (C=O) groups excluding carboxylic acids is 2. The molecular formula is C24H22N4O4. The topological polar surface area (TPSA) is 96.2 Å². The van der Waals surface area contributed by atoms with E-state index in [0.717, 1.165) is 11.8 Å². The van der Waals surface area contributed by atoms with Crippen LogP contribution in [0.3, 0.4) is 0 Å². The van der Waals surface area contributed by atoms with Crippen molar-refractivity contribution in [2.75, 3.05) is 7.11 Å². The third-order valence-corrected chi connectivity index (χ3v) is 4.74. The van der Waals surface area contributed by atoms with Crippen LogP contribution in [0.5, 0.6) is 5.88 Å². The SMILES string of the molecule is COc1nnc(-c2ccncc2)cc1-c1cc2cc(C=O)ccc2n1C(=O)OC(C)(C)C. The number of ether oxygens (including phenoxy) is 2. The zero-order chi connectivity index (χ0) is 22.9. The number of pyridine rings is 1. The summed E-state index contributed by atoms with van der Waals surface area (Å²) in [6, 6.07) is 12.3. The summed E-state index contributed by atoms with van der Waals surface area (Å²) < 4.78 is 12.6.